The van der Waals surface area contributed by atoms with E-state index in [-0.39, 0.29) is 130 Å². The molecule has 28 heteroatoms. The molecule has 4 N–H and O–H groups in total. The molecule has 0 radical (unpaired) electrons. The molecule has 0 fully saturated rings. The van der Waals surface area contributed by atoms with Crippen molar-refractivity contribution < 1.29 is 42.9 Å². The third kappa shape index (κ3) is 25.7. The second-order valence-electron chi connectivity index (χ2n) is 29.7. The lowest BCUT2D eigenvalue weighted by molar-refractivity contribution is 0.0477. The molecule has 0 unspecified atom stereocenters. The van der Waals surface area contributed by atoms with Gasteiger partial charge in [0.1, 0.15) is 11.6 Å². The van der Waals surface area contributed by atoms with Crippen molar-refractivity contribution in [3.05, 3.63) is 99.4 Å². The summed E-state index contributed by atoms with van der Waals surface area (Å²) in [5.41, 5.74) is 14.3. The first kappa shape index (κ1) is 86.0. The number of carbonyl (C=O) groups excluding carboxylic acids is 4. The molecular formula is C81H115N19O9. The summed E-state index contributed by atoms with van der Waals surface area (Å²) in [6.07, 6.45) is 32.3. The predicted octanol–water partition coefficient (Wildman–Crippen LogP) is 20.4. The molecule has 588 valence electrons. The van der Waals surface area contributed by atoms with Crippen molar-refractivity contribution in [2.24, 2.45) is 20.5 Å². The van der Waals surface area contributed by atoms with Gasteiger partial charge in [0, 0.05) is 10.8 Å². The highest BCUT2D eigenvalue weighted by molar-refractivity contribution is 5.97. The molecule has 7 rings (SSSR count). The molecule has 0 aliphatic heterocycles. The minimum absolute atomic E-state index is 0.00124. The van der Waals surface area contributed by atoms with Gasteiger partial charge in [-0.15, -0.1) is 20.5 Å². The zero-order valence-corrected chi connectivity index (χ0v) is 66.3. The molecule has 0 saturated heterocycles. The molecule has 0 saturated carbocycles. The zero-order valence-electron chi connectivity index (χ0n) is 66.3. The Labute approximate surface area is 642 Å². The van der Waals surface area contributed by atoms with Crippen LogP contribution in [-0.4, -0.2) is 111 Å². The smallest absolute Gasteiger partial charge is 0.338 e. The second kappa shape index (κ2) is 44.3. The van der Waals surface area contributed by atoms with Gasteiger partial charge in [0.05, 0.1) is 97.0 Å². The van der Waals surface area contributed by atoms with E-state index in [0.29, 0.717) is 43.5 Å². The van der Waals surface area contributed by atoms with Gasteiger partial charge in [-0.2, -0.15) is 50.0 Å². The third-order valence-corrected chi connectivity index (χ3v) is 18.3. The first-order chi connectivity index (χ1) is 52.6. The van der Waals surface area contributed by atoms with Gasteiger partial charge >= 0.3 is 29.9 Å². The van der Waals surface area contributed by atoms with E-state index in [1.807, 2.05) is 41.5 Å². The first-order valence-corrected chi connectivity index (χ1v) is 39.5. The SMILES string of the molecule is [C-]#[N+]c1cnn(-c2cc(C(=O)OCCCCCCCC)cc(C(=O)OCCCCCCCC)c2)c1N=Nc1c(C(C)(C)C)nn(-c2nc(OCCCCCCCC)nc(-n3nc(C(C)(C)C)c(N=Nc4c(C#N)cnn4-c4cc(C(=O)OCCCCCCCC)cc(C(=O)OCCCCCCCC)c4)c3N)n2)c1N. The number of esters is 4. The maximum Gasteiger partial charge on any atom is 0.338 e. The summed E-state index contributed by atoms with van der Waals surface area (Å²) in [6.45, 7) is 31.4. The summed E-state index contributed by atoms with van der Waals surface area (Å²) in [5.74, 6) is -3.13. The highest BCUT2D eigenvalue weighted by Gasteiger charge is 2.32. The Balaban J connectivity index is 1.30. The van der Waals surface area contributed by atoms with Crippen molar-refractivity contribution in [1.82, 2.24) is 54.1 Å². The minimum Gasteiger partial charge on any atom is -0.463 e. The standard InChI is InChI=1S/C81H115N19O9/c1-13-18-23-28-33-38-43-105-73(101)57-48-58(74(102)106-44-39-34-29-24-19-14-2)51-62(50-57)97-71(61(54-82)55-86-97)93-91-65-67(80(6,7)8)95-99(69(65)83)77-88-78(90-79(89-77)109-47-42-37-32-27-22-17-5)100-70(84)66(68(96-100)81(9,10)11)92-94-72-64(85-12)56-87-98(72)63-52-59(75(103)107-45-40-35-30-25-20-15-3)49-60(53-63)76(104)108-46-41-36-31-26-21-16-4/h48-53,55-56H,13-47,83-84H2,1-11H3. The molecule has 5 aromatic heterocycles. The quantitative estimate of drug-likeness (QED) is 0.0118. The van der Waals surface area contributed by atoms with Gasteiger partial charge in [-0.3, -0.25) is 0 Å². The van der Waals surface area contributed by atoms with Crippen LogP contribution in [-0.2, 0) is 29.8 Å². The number of nitrogens with zero attached hydrogens (tertiary/aromatic N) is 17. The van der Waals surface area contributed by atoms with Crippen LogP contribution in [0.5, 0.6) is 6.01 Å². The number of nitrogen functional groups attached to an aromatic ring is 2. The lowest BCUT2D eigenvalue weighted by Gasteiger charge is -2.15. The second-order valence-corrected chi connectivity index (χ2v) is 29.7. The average Bonchev–Trinajstić information content (AvgIpc) is 1.63. The first-order valence-electron chi connectivity index (χ1n) is 39.5. The van der Waals surface area contributed by atoms with Gasteiger partial charge < -0.3 is 35.2 Å². The van der Waals surface area contributed by atoms with Crippen molar-refractivity contribution in [3.63, 3.8) is 0 Å². The number of nitriles is 1. The van der Waals surface area contributed by atoms with E-state index in [2.05, 4.69) is 66.0 Å². The molecule has 0 aliphatic carbocycles. The zero-order chi connectivity index (χ0) is 78.7. The van der Waals surface area contributed by atoms with Gasteiger partial charge in [-0.1, -0.05) is 237 Å². The lowest BCUT2D eigenvalue weighted by Crippen LogP contribution is -2.17. The number of ether oxygens (including phenoxy) is 5. The molecule has 0 amide bonds. The van der Waals surface area contributed by atoms with Crippen LogP contribution < -0.4 is 16.2 Å². The van der Waals surface area contributed by atoms with Crippen LogP contribution in [0, 0.1) is 17.9 Å². The van der Waals surface area contributed by atoms with Gasteiger partial charge in [-0.25, -0.2) is 33.4 Å². The fourth-order valence-electron chi connectivity index (χ4n) is 12.0. The van der Waals surface area contributed by atoms with Gasteiger partial charge in [0.2, 0.25) is 0 Å². The number of hydrogen-bond acceptors (Lipinski definition) is 23. The van der Waals surface area contributed by atoms with Gasteiger partial charge in [0.15, 0.2) is 34.6 Å². The van der Waals surface area contributed by atoms with Crippen LogP contribution in [0.2, 0.25) is 0 Å². The maximum atomic E-state index is 13.9. The van der Waals surface area contributed by atoms with Crippen molar-refractivity contribution in [1.29, 1.82) is 5.26 Å². The van der Waals surface area contributed by atoms with E-state index >= 15 is 0 Å². The fourth-order valence-corrected chi connectivity index (χ4v) is 12.0. The van der Waals surface area contributed by atoms with E-state index in [0.717, 1.165) is 161 Å². The monoisotopic (exact) mass is 1500 g/mol. The Hall–Kier alpha value is -10.2. The average molecular weight is 1500 g/mol. The van der Waals surface area contributed by atoms with E-state index in [9.17, 15) is 24.4 Å². The molecule has 0 atom stereocenters. The normalized spacial score (nSPS) is 11.8. The number of unbranched alkanes of at least 4 members (excludes halogenated alkanes) is 25. The molecule has 0 spiro atoms. The molecule has 0 aliphatic rings. The van der Waals surface area contributed by atoms with Gasteiger partial charge in [-0.05, 0) is 68.5 Å². The molecule has 109 heavy (non-hydrogen) atoms. The van der Waals surface area contributed by atoms with Crippen molar-refractivity contribution in [3.8, 4) is 35.4 Å². The van der Waals surface area contributed by atoms with Crippen LogP contribution >= 0.6 is 0 Å². The largest absolute Gasteiger partial charge is 0.463 e. The Morgan fingerprint density at radius 3 is 1.10 bits per heavy atom. The van der Waals surface area contributed by atoms with Crippen LogP contribution in [0.3, 0.4) is 0 Å². The number of carbonyl (C=O) groups is 4. The highest BCUT2D eigenvalue weighted by atomic mass is 16.5. The Bertz CT molecular complexity index is 3880. The fraction of sp³-hybridized carbons (Fsp3) is 0.593. The van der Waals surface area contributed by atoms with E-state index < -0.39 is 34.7 Å². The van der Waals surface area contributed by atoms with Crippen molar-refractivity contribution in [2.75, 3.05) is 44.5 Å². The topological polar surface area (TPSA) is 354 Å². The number of rotatable bonds is 48. The Morgan fingerprint density at radius 1 is 0.440 bits per heavy atom. The predicted molar refractivity (Wildman–Crippen MR) is 420 cm³/mol. The van der Waals surface area contributed by atoms with E-state index in [1.54, 1.807) is 0 Å². The molecule has 0 bridgehead atoms. The third-order valence-electron chi connectivity index (χ3n) is 18.3. The van der Waals surface area contributed by atoms with Crippen LogP contribution in [0.25, 0.3) is 28.1 Å². The number of azo groups is 2. The summed E-state index contributed by atoms with van der Waals surface area (Å²) in [4.78, 5) is 73.6. The summed E-state index contributed by atoms with van der Waals surface area (Å²) in [6, 6.07) is 11.0. The molecule has 5 heterocycles. The molecule has 28 nitrogen and oxygen atoms in total. The van der Waals surface area contributed by atoms with Crippen LogP contribution in [0.15, 0.2) is 69.2 Å². The van der Waals surface area contributed by atoms with E-state index in [4.69, 9.17) is 77.1 Å². The molecule has 2 aromatic carbocycles. The summed E-state index contributed by atoms with van der Waals surface area (Å²) in [5, 5.41) is 48.4. The van der Waals surface area contributed by atoms with E-state index in [1.165, 1.54) is 67.5 Å². The maximum absolute atomic E-state index is 13.9. The Morgan fingerprint density at radius 2 is 0.761 bits per heavy atom. The summed E-state index contributed by atoms with van der Waals surface area (Å²) < 4.78 is 34.5. The van der Waals surface area contributed by atoms with Crippen LogP contribution in [0.1, 0.15) is 327 Å². The summed E-state index contributed by atoms with van der Waals surface area (Å²) >= 11 is 0. The number of aromatic nitrogens is 11. The number of nitrogens with two attached hydrogens (primary N) is 2. The van der Waals surface area contributed by atoms with Crippen molar-refractivity contribution in [2.45, 2.75) is 280 Å². The highest BCUT2D eigenvalue weighted by Crippen LogP contribution is 2.42. The number of anilines is 2. The molecular weight excluding hydrogens is 1380 g/mol. The minimum atomic E-state index is -0.785. The van der Waals surface area contributed by atoms with Crippen LogP contribution in [0.4, 0.5) is 40.3 Å². The van der Waals surface area contributed by atoms with Crippen molar-refractivity contribution >= 4 is 64.2 Å². The lowest BCUT2D eigenvalue weighted by atomic mass is 9.91. The van der Waals surface area contributed by atoms with Gasteiger partial charge in [0.25, 0.3) is 17.6 Å². The number of benzene rings is 2. The Kier molecular flexibility index (Phi) is 34.9. The molecule has 7 aromatic rings. The summed E-state index contributed by atoms with van der Waals surface area (Å²) in [7, 11) is 0. The number of hydrogen-bond donors (Lipinski definition) is 2.